The lowest BCUT2D eigenvalue weighted by molar-refractivity contribution is -0.0903. The molecule has 0 spiro atoms. The van der Waals surface area contributed by atoms with Crippen LogP contribution in [0.2, 0.25) is 0 Å². The lowest BCUT2D eigenvalue weighted by Gasteiger charge is -2.37. The molecule has 3 fully saturated rings. The van der Waals surface area contributed by atoms with E-state index in [0.717, 1.165) is 47.5 Å². The SMILES string of the molecule is C=C(C)[C@@H]1CC[C@]2(C)SP(=S)(O[C@H]3C[C@H](n4cnc5c(N)ncnc54)O[C@@H]3COC(c3ccccc3)(c3ccc(OC)cc3)c3ccc(OC)cc3)O[C@H]2C1. The molecule has 0 radical (unpaired) electrons. The normalized spacial score (nSPS) is 27.9. The molecular formula is C41H46N5O6PS2. The number of nitrogens with two attached hydrogens (primary N) is 1. The molecule has 3 aromatic carbocycles. The highest BCUT2D eigenvalue weighted by Crippen LogP contribution is 2.76. The van der Waals surface area contributed by atoms with E-state index in [0.29, 0.717) is 29.3 Å². The summed E-state index contributed by atoms with van der Waals surface area (Å²) in [6.45, 7) is 8.77. The topological polar surface area (TPSA) is 125 Å². The van der Waals surface area contributed by atoms with Crippen molar-refractivity contribution in [2.45, 2.75) is 74.4 Å². The van der Waals surface area contributed by atoms with Crippen molar-refractivity contribution < 1.29 is 28.0 Å². The third kappa shape index (κ3) is 7.20. The van der Waals surface area contributed by atoms with Crippen molar-refractivity contribution in [3.8, 4) is 11.5 Å². The second-order valence-corrected chi connectivity index (χ2v) is 21.2. The molecule has 5 aromatic rings. The van der Waals surface area contributed by atoms with E-state index in [-0.39, 0.29) is 17.5 Å². The van der Waals surface area contributed by atoms with Gasteiger partial charge in [0.2, 0.25) is 5.69 Å². The fraction of sp³-hybridized carbons (Fsp3) is 0.390. The molecular weight excluding hydrogens is 754 g/mol. The van der Waals surface area contributed by atoms with Crippen LogP contribution in [0.5, 0.6) is 11.5 Å². The van der Waals surface area contributed by atoms with E-state index < -0.39 is 29.7 Å². The molecule has 4 heterocycles. The monoisotopic (exact) mass is 799 g/mol. The van der Waals surface area contributed by atoms with Crippen LogP contribution in [0.1, 0.15) is 62.4 Å². The molecule has 0 bridgehead atoms. The Morgan fingerprint density at radius 2 is 1.64 bits per heavy atom. The van der Waals surface area contributed by atoms with Gasteiger partial charge in [0.25, 0.3) is 0 Å². The Kier molecular flexibility index (Phi) is 10.6. The zero-order chi connectivity index (χ0) is 38.4. The first-order chi connectivity index (χ1) is 26.5. The van der Waals surface area contributed by atoms with Gasteiger partial charge in [-0.05, 0) is 91.8 Å². The fourth-order valence-electron chi connectivity index (χ4n) is 8.09. The predicted molar refractivity (Wildman–Crippen MR) is 219 cm³/mol. The summed E-state index contributed by atoms with van der Waals surface area (Å²) in [7, 11) is 3.32. The lowest BCUT2D eigenvalue weighted by atomic mass is 9.77. The minimum absolute atomic E-state index is 0.0141. The van der Waals surface area contributed by atoms with Crippen LogP contribution in [-0.4, -0.2) is 63.4 Å². The summed E-state index contributed by atoms with van der Waals surface area (Å²) in [5.41, 5.74) is 7.35. The second-order valence-electron chi connectivity index (χ2n) is 14.7. The average Bonchev–Trinajstić information content (AvgIpc) is 3.88. The summed E-state index contributed by atoms with van der Waals surface area (Å²) >= 11 is 8.05. The van der Waals surface area contributed by atoms with E-state index in [1.807, 2.05) is 71.3 Å². The number of methoxy groups -OCH3 is 2. The maximum Gasteiger partial charge on any atom is 0.248 e. The van der Waals surface area contributed by atoms with Crippen molar-refractivity contribution in [2.75, 3.05) is 26.6 Å². The van der Waals surface area contributed by atoms with Crippen molar-refractivity contribution in [2.24, 2.45) is 5.92 Å². The molecule has 55 heavy (non-hydrogen) atoms. The van der Waals surface area contributed by atoms with Crippen molar-refractivity contribution in [3.05, 3.63) is 120 Å². The smallest absolute Gasteiger partial charge is 0.248 e. The predicted octanol–water partition coefficient (Wildman–Crippen LogP) is 8.60. The number of nitrogen functional groups attached to an aromatic ring is 1. The number of hydrogen-bond donors (Lipinski definition) is 1. The van der Waals surface area contributed by atoms with E-state index in [2.05, 4.69) is 47.5 Å². The Balaban J connectivity index is 1.17. The van der Waals surface area contributed by atoms with E-state index in [9.17, 15) is 0 Å². The fourth-order valence-corrected chi connectivity index (χ4v) is 15.7. The third-order valence-electron chi connectivity index (χ3n) is 11.2. The molecule has 0 amide bonds. The minimum Gasteiger partial charge on any atom is -0.497 e. The summed E-state index contributed by atoms with van der Waals surface area (Å²) in [4.78, 5) is 13.2. The standard InChI is InChI=1S/C41H46N5O6PS2/c1-26(2)27-19-20-40(3)35(21-27)52-53(54,55-40)51-33-22-36(46-25-45-37-38(42)43-24-44-39(37)46)50-34(33)23-49-41(28-9-7-6-8-10-28,29-11-15-31(47-4)16-12-29)30-13-17-32(48-5)18-14-30/h6-18,24-25,27,33-36H,1,19-23H2,2-5H3,(H2,42,43,44)/t27-,33+,34-,35+,36-,40+,53?/m1/s1. The van der Waals surface area contributed by atoms with Gasteiger partial charge in [-0.15, -0.1) is 0 Å². The molecule has 288 valence electrons. The maximum atomic E-state index is 7.34. The molecule has 1 aliphatic carbocycles. The first-order valence-electron chi connectivity index (χ1n) is 18.4. The van der Waals surface area contributed by atoms with Crippen LogP contribution in [0.25, 0.3) is 11.2 Å². The van der Waals surface area contributed by atoms with E-state index in [1.165, 1.54) is 11.9 Å². The highest BCUT2D eigenvalue weighted by molar-refractivity contribution is 8.68. The molecule has 2 aliphatic heterocycles. The van der Waals surface area contributed by atoms with Crippen LogP contribution in [0.3, 0.4) is 0 Å². The maximum absolute atomic E-state index is 7.34. The molecule has 2 aromatic heterocycles. The number of anilines is 1. The Bertz CT molecular complexity index is 2160. The molecule has 8 rings (SSSR count). The van der Waals surface area contributed by atoms with Crippen LogP contribution in [0.15, 0.2) is 104 Å². The first kappa shape index (κ1) is 38.1. The number of fused-ring (bicyclic) bond motifs is 2. The van der Waals surface area contributed by atoms with E-state index in [4.69, 9.17) is 45.5 Å². The summed E-state index contributed by atoms with van der Waals surface area (Å²) in [6.07, 6.45) is 5.00. The van der Waals surface area contributed by atoms with Gasteiger partial charge in [0.15, 0.2) is 11.5 Å². The van der Waals surface area contributed by atoms with Crippen LogP contribution in [-0.2, 0) is 35.9 Å². The molecule has 2 N–H and O–H groups in total. The van der Waals surface area contributed by atoms with Gasteiger partial charge in [-0.25, -0.2) is 15.0 Å². The molecule has 1 saturated carbocycles. The summed E-state index contributed by atoms with van der Waals surface area (Å²) in [5.74, 6) is 2.19. The molecule has 7 atom stereocenters. The Morgan fingerprint density at radius 1 is 0.982 bits per heavy atom. The van der Waals surface area contributed by atoms with Gasteiger partial charge in [0.1, 0.15) is 41.3 Å². The Morgan fingerprint density at radius 3 is 2.27 bits per heavy atom. The molecule has 14 heteroatoms. The van der Waals surface area contributed by atoms with Crippen molar-refractivity contribution in [3.63, 3.8) is 0 Å². The minimum atomic E-state index is -2.81. The van der Waals surface area contributed by atoms with Crippen LogP contribution >= 0.6 is 17.1 Å². The summed E-state index contributed by atoms with van der Waals surface area (Å²) in [6, 6.07) is 26.1. The van der Waals surface area contributed by atoms with Crippen molar-refractivity contribution in [1.29, 1.82) is 0 Å². The third-order valence-corrected chi connectivity index (χ3v) is 17.0. The number of hydrogen-bond acceptors (Lipinski definition) is 12. The molecule has 1 unspecified atom stereocenters. The summed E-state index contributed by atoms with van der Waals surface area (Å²) < 4.78 is 41.0. The number of aromatic nitrogens is 4. The molecule has 2 saturated heterocycles. The van der Waals surface area contributed by atoms with Gasteiger partial charge in [0.05, 0.1) is 39.4 Å². The Labute approximate surface area is 330 Å². The van der Waals surface area contributed by atoms with E-state index in [1.54, 1.807) is 31.9 Å². The molecule has 3 aliphatic rings. The lowest BCUT2D eigenvalue weighted by Crippen LogP contribution is -2.39. The second kappa shape index (κ2) is 15.3. The van der Waals surface area contributed by atoms with Crippen LogP contribution in [0, 0.1) is 5.92 Å². The number of ether oxygens (including phenoxy) is 4. The average molecular weight is 800 g/mol. The van der Waals surface area contributed by atoms with E-state index >= 15 is 0 Å². The largest absolute Gasteiger partial charge is 0.497 e. The quantitative estimate of drug-likeness (QED) is 0.0738. The van der Waals surface area contributed by atoms with Gasteiger partial charge in [-0.2, -0.15) is 0 Å². The number of imidazole rings is 1. The zero-order valence-electron chi connectivity index (χ0n) is 31.4. The summed E-state index contributed by atoms with van der Waals surface area (Å²) in [5, 5.41) is 0. The molecule has 11 nitrogen and oxygen atoms in total. The van der Waals surface area contributed by atoms with Gasteiger partial charge in [0, 0.05) is 11.2 Å². The van der Waals surface area contributed by atoms with Crippen molar-refractivity contribution >= 4 is 45.9 Å². The first-order valence-corrected chi connectivity index (χ1v) is 22.5. The van der Waals surface area contributed by atoms with Crippen LogP contribution < -0.4 is 15.2 Å². The van der Waals surface area contributed by atoms with Crippen molar-refractivity contribution in [1.82, 2.24) is 19.5 Å². The number of nitrogens with zero attached hydrogens (tertiary/aromatic N) is 4. The van der Waals surface area contributed by atoms with Gasteiger partial charge >= 0.3 is 0 Å². The van der Waals surface area contributed by atoms with Gasteiger partial charge in [-0.3, -0.25) is 4.57 Å². The van der Waals surface area contributed by atoms with Gasteiger partial charge in [-0.1, -0.05) is 78.1 Å². The van der Waals surface area contributed by atoms with Gasteiger partial charge < -0.3 is 33.7 Å². The van der Waals surface area contributed by atoms with Crippen LogP contribution in [0.4, 0.5) is 5.82 Å². The number of allylic oxidation sites excluding steroid dienone is 1. The highest BCUT2D eigenvalue weighted by Gasteiger charge is 2.55. The zero-order valence-corrected chi connectivity index (χ0v) is 33.9. The Hall–Kier alpha value is -3.81. The number of benzene rings is 3. The number of rotatable bonds is 12. The highest BCUT2D eigenvalue weighted by atomic mass is 32.9.